The fourth-order valence-corrected chi connectivity index (χ4v) is 1.78. The van der Waals surface area contributed by atoms with Gasteiger partial charge in [-0.25, -0.2) is 4.79 Å². The maximum atomic E-state index is 11.7. The number of carbonyl (C=O) groups is 1. The smallest absolute Gasteiger partial charge is 0.315 e. The number of benzene rings is 1. The zero-order chi connectivity index (χ0) is 13.9. The molecule has 100 valence electrons. The molecule has 0 fully saturated rings. The third kappa shape index (κ3) is 3.95. The van der Waals surface area contributed by atoms with E-state index >= 15 is 0 Å². The van der Waals surface area contributed by atoms with Gasteiger partial charge in [0.1, 0.15) is 0 Å². The van der Waals surface area contributed by atoms with Crippen molar-refractivity contribution >= 4 is 16.9 Å². The summed E-state index contributed by atoms with van der Waals surface area (Å²) in [6, 6.07) is 9.80. The molecule has 1 heterocycles. The fraction of sp³-hybridized carbons (Fsp3) is 0.333. The van der Waals surface area contributed by atoms with Crippen molar-refractivity contribution in [3.05, 3.63) is 42.1 Å². The molecule has 0 spiro atoms. The quantitative estimate of drug-likeness (QED) is 0.869. The maximum Gasteiger partial charge on any atom is 0.315 e. The second kappa shape index (κ2) is 5.26. The van der Waals surface area contributed by atoms with E-state index in [1.54, 1.807) is 6.20 Å². The van der Waals surface area contributed by atoms with Crippen LogP contribution in [0.3, 0.4) is 0 Å². The van der Waals surface area contributed by atoms with Gasteiger partial charge in [-0.3, -0.25) is 4.98 Å². The van der Waals surface area contributed by atoms with Crippen LogP contribution in [0.2, 0.25) is 0 Å². The van der Waals surface area contributed by atoms with E-state index < -0.39 is 0 Å². The Bertz CT molecular complexity index is 587. The molecule has 2 rings (SSSR count). The Labute approximate surface area is 113 Å². The number of nitrogens with one attached hydrogen (secondary N) is 2. The molecule has 1 aromatic heterocycles. The first-order valence-corrected chi connectivity index (χ1v) is 6.34. The van der Waals surface area contributed by atoms with Gasteiger partial charge in [-0.2, -0.15) is 0 Å². The summed E-state index contributed by atoms with van der Waals surface area (Å²) in [5, 5.41) is 6.77. The molecule has 4 heteroatoms. The molecule has 2 N–H and O–H groups in total. The molecule has 2 aromatic rings. The molecule has 0 bridgehead atoms. The second-order valence-electron chi connectivity index (χ2n) is 5.59. The first-order valence-electron chi connectivity index (χ1n) is 6.34. The van der Waals surface area contributed by atoms with Crippen LogP contribution in [0.25, 0.3) is 10.9 Å². The van der Waals surface area contributed by atoms with Crippen molar-refractivity contribution in [2.45, 2.75) is 32.9 Å². The monoisotopic (exact) mass is 257 g/mol. The van der Waals surface area contributed by atoms with E-state index in [1.165, 1.54) is 0 Å². The van der Waals surface area contributed by atoms with Crippen LogP contribution >= 0.6 is 0 Å². The lowest BCUT2D eigenvalue weighted by molar-refractivity contribution is 0.231. The molecular weight excluding hydrogens is 238 g/mol. The van der Waals surface area contributed by atoms with E-state index in [-0.39, 0.29) is 11.6 Å². The topological polar surface area (TPSA) is 54.0 Å². The van der Waals surface area contributed by atoms with Gasteiger partial charge in [-0.15, -0.1) is 0 Å². The molecule has 0 saturated carbocycles. The number of pyridine rings is 1. The van der Waals surface area contributed by atoms with Crippen LogP contribution in [0, 0.1) is 0 Å². The van der Waals surface area contributed by atoms with Crippen LogP contribution in [0.4, 0.5) is 4.79 Å². The van der Waals surface area contributed by atoms with E-state index in [1.807, 2.05) is 51.1 Å². The lowest BCUT2D eigenvalue weighted by Gasteiger charge is -2.20. The highest BCUT2D eigenvalue weighted by atomic mass is 16.2. The minimum Gasteiger partial charge on any atom is -0.334 e. The number of carbonyl (C=O) groups excluding carboxylic acids is 1. The zero-order valence-corrected chi connectivity index (χ0v) is 11.5. The van der Waals surface area contributed by atoms with Crippen LogP contribution in [0.15, 0.2) is 36.5 Å². The van der Waals surface area contributed by atoms with Crippen LogP contribution in [0.5, 0.6) is 0 Å². The summed E-state index contributed by atoms with van der Waals surface area (Å²) in [6.45, 7) is 6.32. The highest BCUT2D eigenvalue weighted by Crippen LogP contribution is 2.12. The van der Waals surface area contributed by atoms with Crippen molar-refractivity contribution < 1.29 is 4.79 Å². The van der Waals surface area contributed by atoms with E-state index in [0.717, 1.165) is 16.5 Å². The summed E-state index contributed by atoms with van der Waals surface area (Å²) in [7, 11) is 0. The summed E-state index contributed by atoms with van der Waals surface area (Å²) in [4.78, 5) is 16.0. The number of para-hydroxylation sites is 1. The van der Waals surface area contributed by atoms with Gasteiger partial charge in [-0.1, -0.05) is 18.2 Å². The van der Waals surface area contributed by atoms with E-state index in [2.05, 4.69) is 15.6 Å². The Hall–Kier alpha value is -2.10. The average molecular weight is 257 g/mol. The molecule has 4 nitrogen and oxygen atoms in total. The molecule has 0 saturated heterocycles. The second-order valence-corrected chi connectivity index (χ2v) is 5.59. The molecule has 1 aromatic carbocycles. The molecule has 2 amide bonds. The van der Waals surface area contributed by atoms with Gasteiger partial charge in [0, 0.05) is 23.7 Å². The first-order chi connectivity index (χ1) is 8.94. The van der Waals surface area contributed by atoms with E-state index in [4.69, 9.17) is 0 Å². The Morgan fingerprint density at radius 1 is 1.26 bits per heavy atom. The number of amides is 2. The van der Waals surface area contributed by atoms with Gasteiger partial charge in [-0.05, 0) is 38.5 Å². The summed E-state index contributed by atoms with van der Waals surface area (Å²) in [5.74, 6) is 0. The van der Waals surface area contributed by atoms with Gasteiger partial charge in [0.25, 0.3) is 0 Å². The predicted molar refractivity (Wildman–Crippen MR) is 76.9 cm³/mol. The zero-order valence-electron chi connectivity index (χ0n) is 11.5. The van der Waals surface area contributed by atoms with Gasteiger partial charge < -0.3 is 10.6 Å². The van der Waals surface area contributed by atoms with E-state index in [0.29, 0.717) is 6.54 Å². The summed E-state index contributed by atoms with van der Waals surface area (Å²) in [6.07, 6.45) is 1.79. The van der Waals surface area contributed by atoms with Crippen LogP contribution < -0.4 is 10.6 Å². The van der Waals surface area contributed by atoms with Crippen LogP contribution in [-0.4, -0.2) is 16.6 Å². The number of urea groups is 1. The normalized spacial score (nSPS) is 11.3. The highest BCUT2D eigenvalue weighted by Gasteiger charge is 2.12. The number of rotatable bonds is 2. The molecular formula is C15H19N3O. The maximum absolute atomic E-state index is 11.7. The minimum absolute atomic E-state index is 0.166. The van der Waals surface area contributed by atoms with Crippen molar-refractivity contribution in [1.29, 1.82) is 0 Å². The third-order valence-corrected chi connectivity index (χ3v) is 2.59. The van der Waals surface area contributed by atoms with Gasteiger partial charge in [0.05, 0.1) is 5.52 Å². The van der Waals surface area contributed by atoms with Crippen LogP contribution in [-0.2, 0) is 6.54 Å². The van der Waals surface area contributed by atoms with Gasteiger partial charge >= 0.3 is 6.03 Å². The first kappa shape index (κ1) is 13.3. The van der Waals surface area contributed by atoms with Crippen molar-refractivity contribution in [3.8, 4) is 0 Å². The van der Waals surface area contributed by atoms with Gasteiger partial charge in [0.2, 0.25) is 0 Å². The predicted octanol–water partition coefficient (Wildman–Crippen LogP) is 2.83. The lowest BCUT2D eigenvalue weighted by Crippen LogP contribution is -2.46. The SMILES string of the molecule is CC(C)(C)NC(=O)NCc1cnc2ccccc2c1. The molecule has 0 aliphatic rings. The Balaban J connectivity index is 2.00. The molecule has 0 atom stereocenters. The number of aromatic nitrogens is 1. The molecule has 0 aliphatic heterocycles. The minimum atomic E-state index is -0.230. The van der Waals surface area contributed by atoms with Crippen molar-refractivity contribution in [3.63, 3.8) is 0 Å². The lowest BCUT2D eigenvalue weighted by atomic mass is 10.1. The Morgan fingerprint density at radius 3 is 2.74 bits per heavy atom. The summed E-state index contributed by atoms with van der Waals surface area (Å²) < 4.78 is 0. The standard InChI is InChI=1S/C15H19N3O/c1-15(2,3)18-14(19)17-10-11-8-12-6-4-5-7-13(12)16-9-11/h4-9H,10H2,1-3H3,(H2,17,18,19). The Kier molecular flexibility index (Phi) is 3.69. The van der Waals surface area contributed by atoms with Gasteiger partial charge in [0.15, 0.2) is 0 Å². The summed E-state index contributed by atoms with van der Waals surface area (Å²) in [5.41, 5.74) is 1.72. The Morgan fingerprint density at radius 2 is 2.00 bits per heavy atom. The number of hydrogen-bond acceptors (Lipinski definition) is 2. The molecule has 0 unspecified atom stereocenters. The van der Waals surface area contributed by atoms with Crippen LogP contribution in [0.1, 0.15) is 26.3 Å². The summed E-state index contributed by atoms with van der Waals surface area (Å²) >= 11 is 0. The molecule has 19 heavy (non-hydrogen) atoms. The largest absolute Gasteiger partial charge is 0.334 e. The fourth-order valence-electron chi connectivity index (χ4n) is 1.78. The average Bonchev–Trinajstić information content (AvgIpc) is 2.34. The van der Waals surface area contributed by atoms with Crippen molar-refractivity contribution in [1.82, 2.24) is 15.6 Å². The number of hydrogen-bond donors (Lipinski definition) is 2. The third-order valence-electron chi connectivity index (χ3n) is 2.59. The molecule has 0 radical (unpaired) electrons. The van der Waals surface area contributed by atoms with Crippen molar-refractivity contribution in [2.75, 3.05) is 0 Å². The number of fused-ring (bicyclic) bond motifs is 1. The highest BCUT2D eigenvalue weighted by molar-refractivity contribution is 5.79. The number of nitrogens with zero attached hydrogens (tertiary/aromatic N) is 1. The van der Waals surface area contributed by atoms with E-state index in [9.17, 15) is 4.79 Å². The molecule has 0 aliphatic carbocycles. The van der Waals surface area contributed by atoms with Crippen molar-refractivity contribution in [2.24, 2.45) is 0 Å².